The van der Waals surface area contributed by atoms with Gasteiger partial charge < -0.3 is 9.84 Å². The number of aliphatic hydroxyl groups excluding tert-OH is 1. The van der Waals surface area contributed by atoms with Crippen LogP contribution in [0.4, 0.5) is 0 Å². The van der Waals surface area contributed by atoms with Crippen LogP contribution in [-0.4, -0.2) is 23.5 Å². The van der Waals surface area contributed by atoms with Gasteiger partial charge in [0, 0.05) is 29.2 Å². The Morgan fingerprint density at radius 1 is 1.19 bits per heavy atom. The van der Waals surface area contributed by atoms with E-state index in [1.54, 1.807) is 0 Å². The van der Waals surface area contributed by atoms with E-state index >= 15 is 0 Å². The Morgan fingerprint density at radius 2 is 1.88 bits per heavy atom. The average molecular weight is 430 g/mol. The van der Waals surface area contributed by atoms with Gasteiger partial charge in [0.1, 0.15) is 11.5 Å². The number of benzene rings is 2. The van der Waals surface area contributed by atoms with Crippen molar-refractivity contribution in [3.63, 3.8) is 0 Å². The van der Waals surface area contributed by atoms with Crippen LogP contribution < -0.4 is 4.74 Å². The number of hydrogen-bond acceptors (Lipinski definition) is 3. The highest BCUT2D eigenvalue weighted by Crippen LogP contribution is 2.50. The second-order valence-electron chi connectivity index (χ2n) is 10.5. The van der Waals surface area contributed by atoms with Gasteiger partial charge in [-0.25, -0.2) is 0 Å². The van der Waals surface area contributed by atoms with Gasteiger partial charge in [-0.1, -0.05) is 71.5 Å². The van der Waals surface area contributed by atoms with Crippen molar-refractivity contribution in [2.24, 2.45) is 16.3 Å². The Morgan fingerprint density at radius 3 is 2.47 bits per heavy atom. The first-order chi connectivity index (χ1) is 15.2. The van der Waals surface area contributed by atoms with Crippen LogP contribution in [0, 0.1) is 11.3 Å². The van der Waals surface area contributed by atoms with Crippen LogP contribution in [0.15, 0.2) is 65.9 Å². The van der Waals surface area contributed by atoms with Crippen molar-refractivity contribution in [2.45, 2.75) is 59.4 Å². The van der Waals surface area contributed by atoms with Gasteiger partial charge in [-0.05, 0) is 46.6 Å². The largest absolute Gasteiger partial charge is 0.456 e. The van der Waals surface area contributed by atoms with E-state index in [9.17, 15) is 5.11 Å². The van der Waals surface area contributed by atoms with Crippen LogP contribution in [0.5, 0.6) is 5.75 Å². The van der Waals surface area contributed by atoms with Crippen LogP contribution in [0.2, 0.25) is 0 Å². The zero-order valence-corrected chi connectivity index (χ0v) is 20.0. The lowest BCUT2D eigenvalue weighted by Gasteiger charge is -2.38. The first-order valence-corrected chi connectivity index (χ1v) is 11.7. The summed E-state index contributed by atoms with van der Waals surface area (Å²) in [4.78, 5) is 5.13. The summed E-state index contributed by atoms with van der Waals surface area (Å²) in [6.45, 7) is 19.6. The van der Waals surface area contributed by atoms with Crippen molar-refractivity contribution in [2.75, 3.05) is 6.61 Å². The third-order valence-corrected chi connectivity index (χ3v) is 6.26. The van der Waals surface area contributed by atoms with Crippen molar-refractivity contribution in [1.82, 2.24) is 0 Å². The molecule has 32 heavy (non-hydrogen) atoms. The minimum absolute atomic E-state index is 0.0533. The smallest absolute Gasteiger partial charge is 0.140 e. The van der Waals surface area contributed by atoms with Crippen LogP contribution in [-0.2, 0) is 6.42 Å². The van der Waals surface area contributed by atoms with Gasteiger partial charge >= 0.3 is 0 Å². The minimum atomic E-state index is -0.109. The van der Waals surface area contributed by atoms with E-state index in [2.05, 4.69) is 78.1 Å². The molecule has 1 N–H and O–H groups in total. The number of aliphatic imine (C=N–C) groups is 1. The lowest BCUT2D eigenvalue weighted by atomic mass is 9.74. The van der Waals surface area contributed by atoms with Crippen LogP contribution in [0.25, 0.3) is 10.8 Å². The molecule has 0 spiro atoms. The Kier molecular flexibility index (Phi) is 5.89. The first-order valence-electron chi connectivity index (χ1n) is 11.7. The van der Waals surface area contributed by atoms with E-state index < -0.39 is 0 Å². The maximum atomic E-state index is 9.89. The van der Waals surface area contributed by atoms with Crippen molar-refractivity contribution in [1.29, 1.82) is 0 Å². The molecule has 2 unspecified atom stereocenters. The standard InChI is InChI=1S/C29H35NO2/c1-8-23-21(13-14-31)25-20-12-10-9-11-19(20)22(15-17(2)3)28-26(25)27(30-23)18(4)24(32-28)16-29(5,6)7/h8-12,16-17,21,23,31H,1,4,13-15H2,2-3,5-7H3/b24-16+. The fourth-order valence-electron chi connectivity index (χ4n) is 5.03. The van der Waals surface area contributed by atoms with Gasteiger partial charge in [0.25, 0.3) is 0 Å². The highest BCUT2D eigenvalue weighted by atomic mass is 16.5. The zero-order valence-electron chi connectivity index (χ0n) is 20.0. The molecule has 168 valence electrons. The number of fused-ring (bicyclic) bond motifs is 2. The second-order valence-corrected chi connectivity index (χ2v) is 10.5. The number of nitrogens with zero attached hydrogens (tertiary/aromatic N) is 1. The first kappa shape index (κ1) is 22.5. The predicted octanol–water partition coefficient (Wildman–Crippen LogP) is 6.74. The predicted molar refractivity (Wildman–Crippen MR) is 135 cm³/mol. The topological polar surface area (TPSA) is 41.8 Å². The molecule has 3 heteroatoms. The third kappa shape index (κ3) is 3.84. The number of allylic oxidation sites excluding steroid dienone is 2. The third-order valence-electron chi connectivity index (χ3n) is 6.26. The molecule has 2 aliphatic heterocycles. The number of rotatable bonds is 5. The van der Waals surface area contributed by atoms with Crippen LogP contribution in [0.1, 0.15) is 63.6 Å². The van der Waals surface area contributed by atoms with Gasteiger partial charge in [0.05, 0.1) is 11.8 Å². The molecular weight excluding hydrogens is 394 g/mol. The fourth-order valence-corrected chi connectivity index (χ4v) is 5.03. The summed E-state index contributed by atoms with van der Waals surface area (Å²) in [5.41, 5.74) is 5.18. The second kappa shape index (κ2) is 8.37. The van der Waals surface area contributed by atoms with Gasteiger partial charge in [0.15, 0.2) is 0 Å². The van der Waals surface area contributed by atoms with Gasteiger partial charge in [-0.2, -0.15) is 0 Å². The van der Waals surface area contributed by atoms with Gasteiger partial charge in [-0.3, -0.25) is 4.99 Å². The summed E-state index contributed by atoms with van der Waals surface area (Å²) < 4.78 is 6.69. The highest BCUT2D eigenvalue weighted by Gasteiger charge is 2.39. The van der Waals surface area contributed by atoms with E-state index in [1.165, 1.54) is 21.9 Å². The monoisotopic (exact) mass is 429 g/mol. The Hall–Kier alpha value is -2.65. The van der Waals surface area contributed by atoms with Crippen LogP contribution >= 0.6 is 0 Å². The lowest BCUT2D eigenvalue weighted by Crippen LogP contribution is -2.32. The summed E-state index contributed by atoms with van der Waals surface area (Å²) in [5, 5.41) is 12.3. The maximum Gasteiger partial charge on any atom is 0.140 e. The molecular formula is C29H35NO2. The van der Waals surface area contributed by atoms with Crippen molar-refractivity contribution in [3.05, 3.63) is 77.6 Å². The lowest BCUT2D eigenvalue weighted by molar-refractivity contribution is 0.271. The van der Waals surface area contributed by atoms with Gasteiger partial charge in [0.2, 0.25) is 0 Å². The molecule has 0 aromatic heterocycles. The molecule has 2 atom stereocenters. The van der Waals surface area contributed by atoms with E-state index in [-0.39, 0.29) is 24.0 Å². The van der Waals surface area contributed by atoms with E-state index in [4.69, 9.17) is 9.73 Å². The maximum absolute atomic E-state index is 9.89. The number of ether oxygens (including phenoxy) is 1. The Balaban J connectivity index is 2.13. The summed E-state index contributed by atoms with van der Waals surface area (Å²) in [6.07, 6.45) is 5.60. The van der Waals surface area contributed by atoms with E-state index in [1.807, 2.05) is 6.08 Å². The summed E-state index contributed by atoms with van der Waals surface area (Å²) in [5.74, 6) is 2.24. The highest BCUT2D eigenvalue weighted by molar-refractivity contribution is 6.21. The zero-order chi connectivity index (χ0) is 23.2. The molecule has 2 heterocycles. The fraction of sp³-hybridized carbons (Fsp3) is 0.414. The number of hydrogen-bond donors (Lipinski definition) is 1. The Labute approximate surface area is 192 Å². The van der Waals surface area contributed by atoms with Crippen LogP contribution in [0.3, 0.4) is 0 Å². The average Bonchev–Trinajstić information content (AvgIpc) is 2.72. The quantitative estimate of drug-likeness (QED) is 0.535. The van der Waals surface area contributed by atoms with E-state index in [0.717, 1.165) is 34.8 Å². The molecule has 2 aromatic rings. The summed E-state index contributed by atoms with van der Waals surface area (Å²) >= 11 is 0. The molecule has 3 nitrogen and oxygen atoms in total. The van der Waals surface area contributed by atoms with Crippen molar-refractivity contribution < 1.29 is 9.84 Å². The molecule has 4 rings (SSSR count). The van der Waals surface area contributed by atoms with Crippen molar-refractivity contribution in [3.8, 4) is 5.75 Å². The minimum Gasteiger partial charge on any atom is -0.456 e. The SMILES string of the molecule is C=CC1N=C2C(=C)/C(=C\C(C)(C)C)Oc3c2c(c2ccccc2c3CC(C)C)C1CCO. The molecule has 0 saturated heterocycles. The normalized spacial score (nSPS) is 21.5. The molecule has 0 aliphatic carbocycles. The van der Waals surface area contributed by atoms with E-state index in [0.29, 0.717) is 12.3 Å². The molecule has 0 amide bonds. The Bertz CT molecular complexity index is 1140. The molecule has 2 aliphatic rings. The van der Waals surface area contributed by atoms with Gasteiger partial charge in [-0.15, -0.1) is 6.58 Å². The number of aliphatic hydroxyl groups is 1. The molecule has 0 fully saturated rings. The summed E-state index contributed by atoms with van der Waals surface area (Å²) in [7, 11) is 0. The molecule has 2 aromatic carbocycles. The molecule has 0 saturated carbocycles. The van der Waals surface area contributed by atoms with Crippen molar-refractivity contribution >= 4 is 16.5 Å². The molecule has 0 radical (unpaired) electrons. The molecule has 0 bridgehead atoms. The summed E-state index contributed by atoms with van der Waals surface area (Å²) in [6, 6.07) is 8.49.